The van der Waals surface area contributed by atoms with Gasteiger partial charge in [-0.25, -0.2) is 9.19 Å². The fourth-order valence-electron chi connectivity index (χ4n) is 4.94. The third kappa shape index (κ3) is 6.82. The quantitative estimate of drug-likeness (QED) is 0.507. The Kier molecular flexibility index (Phi) is 9.29. The van der Waals surface area contributed by atoms with Crippen LogP contribution in [0.2, 0.25) is 0 Å². The van der Waals surface area contributed by atoms with Crippen LogP contribution in [0.1, 0.15) is 61.0 Å². The summed E-state index contributed by atoms with van der Waals surface area (Å²) in [6, 6.07) is 11.8. The van der Waals surface area contributed by atoms with Gasteiger partial charge in [-0.2, -0.15) is 4.40 Å². The maximum Gasteiger partial charge on any atom is 0.245 e. The number of hydrogen-bond acceptors (Lipinski definition) is 7. The van der Waals surface area contributed by atoms with E-state index in [4.69, 9.17) is 10.5 Å². The number of rotatable bonds is 6. The Bertz CT molecular complexity index is 1090. The highest BCUT2D eigenvalue weighted by atomic mass is 32.2. The molecule has 9 nitrogen and oxygen atoms in total. The summed E-state index contributed by atoms with van der Waals surface area (Å²) in [5, 5.41) is 3.30. The van der Waals surface area contributed by atoms with Crippen molar-refractivity contribution in [2.24, 2.45) is 16.0 Å². The molecule has 0 amide bonds. The first-order chi connectivity index (χ1) is 17.6. The van der Waals surface area contributed by atoms with Gasteiger partial charge >= 0.3 is 0 Å². The third-order valence-electron chi connectivity index (χ3n) is 6.87. The molecule has 2 aromatic rings. The lowest BCUT2D eigenvalue weighted by atomic mass is 9.96. The molecule has 0 bridgehead atoms. The fourth-order valence-corrected chi connectivity index (χ4v) is 5.62. The summed E-state index contributed by atoms with van der Waals surface area (Å²) in [5.41, 5.74) is 7.70. The predicted molar refractivity (Wildman–Crippen MR) is 145 cm³/mol. The number of fused-ring (bicyclic) bond motifs is 1. The minimum Gasteiger partial charge on any atom is -0.492 e. The van der Waals surface area contributed by atoms with Gasteiger partial charge in [0.05, 0.1) is 17.9 Å². The van der Waals surface area contributed by atoms with Crippen molar-refractivity contribution in [3.05, 3.63) is 47.7 Å². The average molecular weight is 513 g/mol. The molecule has 10 heteroatoms. The van der Waals surface area contributed by atoms with Crippen LogP contribution in [0.5, 0.6) is 5.75 Å². The maximum atomic E-state index is 11.6. The molecule has 3 heterocycles. The third-order valence-corrected chi connectivity index (χ3v) is 7.63. The smallest absolute Gasteiger partial charge is 0.245 e. The summed E-state index contributed by atoms with van der Waals surface area (Å²) < 4.78 is 24.4. The van der Waals surface area contributed by atoms with Crippen LogP contribution in [-0.2, 0) is 11.2 Å². The van der Waals surface area contributed by atoms with E-state index in [-0.39, 0.29) is 5.84 Å². The minimum absolute atomic E-state index is 0.211. The number of benzene rings is 1. The van der Waals surface area contributed by atoms with Crippen LogP contribution < -0.4 is 25.4 Å². The van der Waals surface area contributed by atoms with E-state index in [2.05, 4.69) is 31.4 Å². The molecule has 1 aliphatic carbocycles. The molecule has 36 heavy (non-hydrogen) atoms. The number of hydrogen-bond donors (Lipinski definition) is 3. The lowest BCUT2D eigenvalue weighted by Crippen LogP contribution is -2.38. The minimum atomic E-state index is -1.56. The largest absolute Gasteiger partial charge is 0.492 e. The Hall–Kier alpha value is -2.98. The Labute approximate surface area is 215 Å². The van der Waals surface area contributed by atoms with E-state index in [1.165, 1.54) is 32.1 Å². The predicted octanol–water partition coefficient (Wildman–Crippen LogP) is 3.44. The van der Waals surface area contributed by atoms with Crippen molar-refractivity contribution < 1.29 is 13.7 Å². The van der Waals surface area contributed by atoms with Gasteiger partial charge in [-0.1, -0.05) is 31.4 Å². The lowest BCUT2D eigenvalue weighted by molar-refractivity contribution is 0.111. The maximum absolute atomic E-state index is 11.6. The van der Waals surface area contributed by atoms with E-state index >= 15 is 0 Å². The van der Waals surface area contributed by atoms with Gasteiger partial charge in [0.1, 0.15) is 23.1 Å². The SMILES string of the molecule is CNC1CCCCC1.NC1=NS(=O)Nc2cccc(OCC3CCCN(c4cccc(C=O)n4)C3)c21. The Balaban J connectivity index is 0.000000325. The molecule has 1 saturated carbocycles. The van der Waals surface area contributed by atoms with E-state index in [9.17, 15) is 9.00 Å². The summed E-state index contributed by atoms with van der Waals surface area (Å²) in [7, 11) is 2.07. The van der Waals surface area contributed by atoms with Gasteiger partial charge < -0.3 is 20.7 Å². The molecule has 0 spiro atoms. The van der Waals surface area contributed by atoms with Crippen LogP contribution in [-0.4, -0.2) is 54.1 Å². The fraction of sp³-hybridized carbons (Fsp3) is 0.500. The van der Waals surface area contributed by atoms with E-state index in [0.29, 0.717) is 35.2 Å². The first-order valence-electron chi connectivity index (χ1n) is 12.7. The highest BCUT2D eigenvalue weighted by Gasteiger charge is 2.24. The van der Waals surface area contributed by atoms with Gasteiger partial charge in [0.2, 0.25) is 11.2 Å². The summed E-state index contributed by atoms with van der Waals surface area (Å²) in [5.74, 6) is 1.97. The highest BCUT2D eigenvalue weighted by Crippen LogP contribution is 2.31. The van der Waals surface area contributed by atoms with Crippen molar-refractivity contribution in [3.63, 3.8) is 0 Å². The Morgan fingerprint density at radius 3 is 2.72 bits per heavy atom. The molecule has 4 N–H and O–H groups in total. The number of aldehydes is 1. The lowest BCUT2D eigenvalue weighted by Gasteiger charge is -2.33. The molecule has 5 rings (SSSR count). The number of amidine groups is 1. The van der Waals surface area contributed by atoms with Gasteiger partial charge in [-0.05, 0) is 57.0 Å². The molecule has 2 fully saturated rings. The van der Waals surface area contributed by atoms with E-state index in [1.807, 2.05) is 24.3 Å². The number of nitrogens with one attached hydrogen (secondary N) is 2. The van der Waals surface area contributed by atoms with Gasteiger partial charge in [0.15, 0.2) is 6.29 Å². The topological polar surface area (TPSA) is 122 Å². The molecule has 1 aromatic carbocycles. The number of pyridine rings is 1. The first kappa shape index (κ1) is 26.1. The van der Waals surface area contributed by atoms with Gasteiger partial charge in [0.25, 0.3) is 0 Å². The number of ether oxygens (including phenoxy) is 1. The van der Waals surface area contributed by atoms with Gasteiger partial charge in [-0.3, -0.25) is 9.52 Å². The Morgan fingerprint density at radius 2 is 1.97 bits per heavy atom. The van der Waals surface area contributed by atoms with Crippen LogP contribution in [0.4, 0.5) is 11.5 Å². The summed E-state index contributed by atoms with van der Waals surface area (Å²) >= 11 is -1.56. The first-order valence-corrected chi connectivity index (χ1v) is 13.8. The second kappa shape index (κ2) is 12.8. The van der Waals surface area contributed by atoms with Crippen LogP contribution >= 0.6 is 0 Å². The van der Waals surface area contributed by atoms with E-state index in [0.717, 1.165) is 44.1 Å². The zero-order chi connectivity index (χ0) is 25.3. The molecule has 1 aromatic heterocycles. The molecule has 0 radical (unpaired) electrons. The standard InChI is InChI=1S/C19H21N5O3S.C7H15N/c20-19-18-15(22-28(26)23-19)6-2-7-16(18)27-12-13-4-3-9-24(10-13)17-8-1-5-14(11-25)21-17;1-8-7-5-3-2-4-6-7/h1-2,5-8,11,13,22H,3-4,9-10,12H2,(H2,20,23);7-8H,2-6H2,1H3. The second-order valence-corrected chi connectivity index (χ2v) is 10.3. The van der Waals surface area contributed by atoms with Crippen molar-refractivity contribution in [1.82, 2.24) is 10.3 Å². The monoisotopic (exact) mass is 512 g/mol. The number of aromatic nitrogens is 1. The molecule has 1 saturated heterocycles. The van der Waals surface area contributed by atoms with E-state index in [1.54, 1.807) is 12.1 Å². The number of anilines is 2. The van der Waals surface area contributed by atoms with Crippen molar-refractivity contribution >= 4 is 34.8 Å². The number of carbonyl (C=O) groups is 1. The Morgan fingerprint density at radius 1 is 1.17 bits per heavy atom. The average Bonchev–Trinajstić information content (AvgIpc) is 2.92. The molecular weight excluding hydrogens is 476 g/mol. The van der Waals surface area contributed by atoms with Gasteiger partial charge in [0, 0.05) is 25.0 Å². The zero-order valence-corrected chi connectivity index (χ0v) is 21.6. The van der Waals surface area contributed by atoms with Crippen molar-refractivity contribution in [2.75, 3.05) is 36.4 Å². The van der Waals surface area contributed by atoms with Crippen LogP contribution in [0.3, 0.4) is 0 Å². The summed E-state index contributed by atoms with van der Waals surface area (Å²) in [6.45, 7) is 2.23. The number of carbonyl (C=O) groups excluding carboxylic acids is 1. The molecule has 2 aliphatic heterocycles. The number of nitrogens with two attached hydrogens (primary N) is 1. The normalized spacial score (nSPS) is 21.8. The van der Waals surface area contributed by atoms with E-state index < -0.39 is 11.2 Å². The van der Waals surface area contributed by atoms with Crippen LogP contribution in [0.25, 0.3) is 0 Å². The summed E-state index contributed by atoms with van der Waals surface area (Å²) in [6.07, 6.45) is 9.96. The molecular formula is C26H36N6O3S. The number of nitrogens with zero attached hydrogens (tertiary/aromatic N) is 3. The zero-order valence-electron chi connectivity index (χ0n) is 20.8. The van der Waals surface area contributed by atoms with Crippen molar-refractivity contribution in [2.45, 2.75) is 51.0 Å². The van der Waals surface area contributed by atoms with Crippen molar-refractivity contribution in [1.29, 1.82) is 0 Å². The molecule has 194 valence electrons. The number of piperidine rings is 1. The summed E-state index contributed by atoms with van der Waals surface area (Å²) in [4.78, 5) is 17.6. The molecule has 2 unspecified atom stereocenters. The molecule has 2 atom stereocenters. The second-order valence-electron chi connectivity index (χ2n) is 9.43. The van der Waals surface area contributed by atoms with Crippen molar-refractivity contribution in [3.8, 4) is 5.75 Å². The molecule has 3 aliphatic rings. The van der Waals surface area contributed by atoms with Crippen LogP contribution in [0, 0.1) is 5.92 Å². The van der Waals surface area contributed by atoms with Crippen LogP contribution in [0.15, 0.2) is 40.8 Å². The van der Waals surface area contributed by atoms with Gasteiger partial charge in [-0.15, -0.1) is 0 Å². The highest BCUT2D eigenvalue weighted by molar-refractivity contribution is 7.85.